The molecule has 8 atom stereocenters. The number of aromatic nitrogens is 2. The molecular formula is C66H79Cl2N5O17. The molecule has 0 spiro atoms. The normalized spacial score (nSPS) is 22.8. The topological polar surface area (TPSA) is 264 Å². The number of nitrogens with one attached hydrogen (secondary N) is 1. The minimum atomic E-state index is -1.02. The van der Waals surface area contributed by atoms with E-state index in [4.69, 9.17) is 61.1 Å². The number of rotatable bonds is 29. The summed E-state index contributed by atoms with van der Waals surface area (Å²) >= 11 is 12.5. The number of fused-ring (bicyclic) bond motifs is 2. The zero-order valence-electron chi connectivity index (χ0n) is 51.3. The van der Waals surface area contributed by atoms with E-state index in [1.165, 1.54) is 4.90 Å². The molecule has 2 saturated carbocycles. The number of carbonyl (C=O) groups excluding carboxylic acids is 8. The lowest BCUT2D eigenvalue weighted by Gasteiger charge is -2.24. The predicted molar refractivity (Wildman–Crippen MR) is 334 cm³/mol. The highest BCUT2D eigenvalue weighted by atomic mass is 35.5. The maximum Gasteiger partial charge on any atom is 0.533 e. The second kappa shape index (κ2) is 32.6. The number of amides is 3. The summed E-state index contributed by atoms with van der Waals surface area (Å²) in [5.41, 5.74) is -1.71. The number of pyridine rings is 2. The van der Waals surface area contributed by atoms with Gasteiger partial charge in [-0.25, -0.2) is 19.6 Å². The number of unbranched alkanes of at least 4 members (excludes halogenated alkanes) is 4. The molecule has 22 nitrogen and oxygen atoms in total. The molecular weight excluding hydrogens is 1210 g/mol. The van der Waals surface area contributed by atoms with Gasteiger partial charge in [-0.2, -0.15) is 0 Å². The van der Waals surface area contributed by atoms with Crippen LogP contribution in [0.3, 0.4) is 0 Å². The maximum atomic E-state index is 13.7. The van der Waals surface area contributed by atoms with Crippen molar-refractivity contribution in [2.75, 3.05) is 53.7 Å². The summed E-state index contributed by atoms with van der Waals surface area (Å²) in [5, 5.41) is 7.42. The molecule has 2 aliphatic carbocycles. The maximum absolute atomic E-state index is 13.7. The fraction of sp³-hybridized carbons (Fsp3) is 0.485. The van der Waals surface area contributed by atoms with E-state index in [0.29, 0.717) is 78.7 Å². The van der Waals surface area contributed by atoms with E-state index >= 15 is 0 Å². The van der Waals surface area contributed by atoms with Crippen molar-refractivity contribution in [3.63, 3.8) is 0 Å². The molecule has 4 aromatic rings. The molecule has 2 aromatic heterocycles. The van der Waals surface area contributed by atoms with Crippen molar-refractivity contribution >= 4 is 92.3 Å². The van der Waals surface area contributed by atoms with Gasteiger partial charge in [-0.1, -0.05) is 52.6 Å². The molecule has 3 saturated heterocycles. The van der Waals surface area contributed by atoms with Gasteiger partial charge in [0.25, 0.3) is 11.8 Å². The van der Waals surface area contributed by atoms with Crippen LogP contribution in [-0.2, 0) is 52.6 Å². The Bertz CT molecular complexity index is 3310. The first-order valence-corrected chi connectivity index (χ1v) is 30.9. The number of allylic oxidation sites excluding steroid dienone is 4. The largest absolute Gasteiger partial charge is 0.533 e. The number of hydroxylamine groups is 2. The van der Waals surface area contributed by atoms with Crippen LogP contribution in [0, 0.1) is 22.7 Å². The van der Waals surface area contributed by atoms with E-state index in [9.17, 15) is 38.4 Å². The summed E-state index contributed by atoms with van der Waals surface area (Å²) in [6, 6.07) is 13.3. The van der Waals surface area contributed by atoms with Crippen LogP contribution in [0.2, 0.25) is 10.3 Å². The predicted octanol–water partition coefficient (Wildman–Crippen LogP) is 11.2. The Morgan fingerprint density at radius 1 is 0.656 bits per heavy atom. The lowest BCUT2D eigenvalue weighted by Crippen LogP contribution is -2.42. The highest BCUT2D eigenvalue weighted by Crippen LogP contribution is 2.58. The second-order valence-corrected chi connectivity index (χ2v) is 23.1. The molecule has 484 valence electrons. The lowest BCUT2D eigenvalue weighted by atomic mass is 9.92. The van der Waals surface area contributed by atoms with Gasteiger partial charge in [0.05, 0.1) is 70.1 Å². The first kappa shape index (κ1) is 69.4. The number of ketones is 2. The van der Waals surface area contributed by atoms with Gasteiger partial charge in [0.15, 0.2) is 11.6 Å². The number of likely N-dealkylation sites (tertiary alicyclic amines) is 1. The monoisotopic (exact) mass is 1280 g/mol. The fourth-order valence-corrected chi connectivity index (χ4v) is 11.6. The average Bonchev–Trinajstić information content (AvgIpc) is 1.59. The standard InChI is InChI=1S/C31H37ClN2O7.C24H27ClN2O5.C11H15NO5/c1-5-8-9-10-13-40-30(37)34-19-23(41-28-24-12-11-22(38-4)14-20(24)15-27(32)33-28)16-25(34)26(35)18-31(17-21(31)6-2)29(36)39-7-3;1-4-15-11-24(15,23(29)31-5-2)12-20(28)19-10-17(13-26-19)32-22-18-7-6-16(30-3)8-14(18)9-21(25)27-22;1-2-3-4-5-8-16-11(15)17-12-9(13)6-7-10(12)14/h5-6,11-12,14-15,21,23,25H,1-2,7-10,13,16-19H2,3-4H3;4,6-9,15,17,19,26H,1,5,10-13H2,2-3H3;2H,1,3-8H2/t21-,23-,25+,31-;15-,17-,19+,24-;/m11./s1. The number of benzene rings is 2. The Hall–Kier alpha value is -8.08. The zero-order chi connectivity index (χ0) is 65.1. The summed E-state index contributed by atoms with van der Waals surface area (Å²) in [6.45, 7) is 19.9. The lowest BCUT2D eigenvalue weighted by molar-refractivity contribution is -0.177. The van der Waals surface area contributed by atoms with Crippen LogP contribution in [0.5, 0.6) is 23.3 Å². The quantitative estimate of drug-likeness (QED) is 0.0132. The summed E-state index contributed by atoms with van der Waals surface area (Å²) in [7, 11) is 3.18. The van der Waals surface area contributed by atoms with Gasteiger partial charge < -0.3 is 43.2 Å². The van der Waals surface area contributed by atoms with E-state index in [1.54, 1.807) is 64.5 Å². The van der Waals surface area contributed by atoms with Gasteiger partial charge in [-0.15, -0.1) is 26.3 Å². The first-order chi connectivity index (χ1) is 43.3. The van der Waals surface area contributed by atoms with Crippen LogP contribution in [0.25, 0.3) is 21.5 Å². The number of ether oxygens (including phenoxy) is 8. The fourth-order valence-electron chi connectivity index (χ4n) is 11.2. The molecule has 2 aromatic carbocycles. The van der Waals surface area contributed by atoms with E-state index in [1.807, 2.05) is 36.4 Å². The van der Waals surface area contributed by atoms with Gasteiger partial charge in [0.2, 0.25) is 11.8 Å². The molecule has 0 radical (unpaired) electrons. The van der Waals surface area contributed by atoms with Crippen molar-refractivity contribution in [2.45, 2.75) is 128 Å². The number of nitrogens with zero attached hydrogens (tertiary/aromatic N) is 4. The van der Waals surface area contributed by atoms with Gasteiger partial charge in [-0.3, -0.25) is 38.5 Å². The number of esters is 2. The first-order valence-electron chi connectivity index (χ1n) is 30.2. The van der Waals surface area contributed by atoms with Crippen LogP contribution in [-0.4, -0.2) is 146 Å². The number of imide groups is 1. The molecule has 0 unspecified atom stereocenters. The van der Waals surface area contributed by atoms with Crippen molar-refractivity contribution in [3.05, 3.63) is 109 Å². The summed E-state index contributed by atoms with van der Waals surface area (Å²) in [6.07, 6.45) is 11.4. The number of methoxy groups -OCH3 is 2. The molecule has 9 rings (SSSR count). The summed E-state index contributed by atoms with van der Waals surface area (Å²) in [5.74, 6) is -0.0827. The van der Waals surface area contributed by atoms with Crippen LogP contribution in [0.1, 0.15) is 104 Å². The van der Waals surface area contributed by atoms with E-state index in [0.717, 1.165) is 47.2 Å². The number of Topliss-reactive ketones (excluding diaryl/α,β-unsaturated/α-hetero) is 2. The Kier molecular flexibility index (Phi) is 25.1. The van der Waals surface area contributed by atoms with Crippen molar-refractivity contribution in [2.24, 2.45) is 22.7 Å². The highest BCUT2D eigenvalue weighted by molar-refractivity contribution is 6.30. The Balaban J connectivity index is 0.000000208. The van der Waals surface area contributed by atoms with Crippen LogP contribution >= 0.6 is 23.2 Å². The molecule has 5 aliphatic rings. The third kappa shape index (κ3) is 17.7. The number of hydrogen-bond donors (Lipinski definition) is 1. The average molecular weight is 1290 g/mol. The highest BCUT2D eigenvalue weighted by Gasteiger charge is 2.62. The van der Waals surface area contributed by atoms with Gasteiger partial charge in [0, 0.05) is 55.8 Å². The van der Waals surface area contributed by atoms with E-state index in [-0.39, 0.29) is 105 Å². The zero-order valence-corrected chi connectivity index (χ0v) is 52.9. The molecule has 3 aliphatic heterocycles. The van der Waals surface area contributed by atoms with Gasteiger partial charge in [0.1, 0.15) is 34.0 Å². The number of halogens is 2. The van der Waals surface area contributed by atoms with Crippen molar-refractivity contribution < 1.29 is 81.1 Å². The Labute approximate surface area is 533 Å². The number of hydrogen-bond acceptors (Lipinski definition) is 20. The molecule has 5 fully saturated rings. The minimum Gasteiger partial charge on any atom is -0.497 e. The second-order valence-electron chi connectivity index (χ2n) is 22.3. The molecule has 90 heavy (non-hydrogen) atoms. The van der Waals surface area contributed by atoms with Crippen LogP contribution in [0.4, 0.5) is 9.59 Å². The smallest absolute Gasteiger partial charge is 0.497 e. The summed E-state index contributed by atoms with van der Waals surface area (Å²) in [4.78, 5) is 113. The summed E-state index contributed by atoms with van der Waals surface area (Å²) < 4.78 is 43.8. The SMILES string of the molecule is C=CCCCCOC(=O)N1C[C@H](Oc2nc(Cl)cc3cc(OC)ccc23)C[C@H]1C(=O)C[C@]1(C(=O)OCC)C[C@H]1C=C.C=CCCCCOC(=O)ON1C(=O)CCC1=O.C=C[C@@H]1C[C@]1(CC(=O)[C@@H]1C[C@@H](Oc2nc(Cl)cc3cc(OC)ccc23)CN1)C(=O)OCC. The Morgan fingerprint density at radius 2 is 1.16 bits per heavy atom. The van der Waals surface area contributed by atoms with Crippen LogP contribution < -0.4 is 24.3 Å². The molecule has 1 N–H and O–H groups in total. The van der Waals surface area contributed by atoms with Gasteiger partial charge >= 0.3 is 24.2 Å². The third-order valence-corrected chi connectivity index (χ3v) is 16.6. The van der Waals surface area contributed by atoms with Crippen molar-refractivity contribution in [1.29, 1.82) is 0 Å². The van der Waals surface area contributed by atoms with Gasteiger partial charge in [-0.05, 0) is 136 Å². The third-order valence-electron chi connectivity index (χ3n) is 16.3. The molecule has 5 heterocycles. The van der Waals surface area contributed by atoms with Crippen molar-refractivity contribution in [1.82, 2.24) is 25.2 Å². The molecule has 0 bridgehead atoms. The van der Waals surface area contributed by atoms with E-state index < -0.39 is 53.0 Å². The number of carbonyl (C=O) groups is 8. The van der Waals surface area contributed by atoms with Crippen LogP contribution in [0.15, 0.2) is 99.2 Å². The van der Waals surface area contributed by atoms with E-state index in [2.05, 4.69) is 46.4 Å². The molecule has 24 heteroatoms. The Morgan fingerprint density at radius 3 is 1.63 bits per heavy atom. The molecule has 3 amide bonds. The minimum absolute atomic E-state index is 0.0119. The van der Waals surface area contributed by atoms with Crippen molar-refractivity contribution in [3.8, 4) is 23.3 Å².